The number of fused-ring (bicyclic) bond motifs is 1. The summed E-state index contributed by atoms with van der Waals surface area (Å²) in [5.74, 6) is 0. The molecule has 0 amide bonds. The molecule has 0 bridgehead atoms. The Labute approximate surface area is 101 Å². The Balaban J connectivity index is 2.38. The van der Waals surface area contributed by atoms with E-state index in [-0.39, 0.29) is 0 Å². The highest BCUT2D eigenvalue weighted by Crippen LogP contribution is 2.31. The van der Waals surface area contributed by atoms with E-state index in [1.54, 1.807) is 0 Å². The Morgan fingerprint density at radius 1 is 0.882 bits per heavy atom. The van der Waals surface area contributed by atoms with E-state index in [1.165, 1.54) is 27.6 Å². The summed E-state index contributed by atoms with van der Waals surface area (Å²) in [5, 5.41) is 1.36. The van der Waals surface area contributed by atoms with Crippen LogP contribution in [-0.2, 0) is 7.05 Å². The minimum Gasteiger partial charge on any atom is -0.350 e. The maximum atomic E-state index is 2.20. The lowest BCUT2D eigenvalue weighted by molar-refractivity contribution is 0.964. The predicted octanol–water partition coefficient (Wildman–Crippen LogP) is 4.15. The van der Waals surface area contributed by atoms with Gasteiger partial charge in [0.1, 0.15) is 0 Å². The van der Waals surface area contributed by atoms with E-state index in [1.807, 2.05) is 0 Å². The lowest BCUT2D eigenvalue weighted by Crippen LogP contribution is -1.84. The predicted molar refractivity (Wildman–Crippen MR) is 73.1 cm³/mol. The summed E-state index contributed by atoms with van der Waals surface area (Å²) >= 11 is 0. The van der Waals surface area contributed by atoms with E-state index in [2.05, 4.69) is 73.3 Å². The standard InChI is InChI=1S/C16H15N/c1-12-11-17(2)15-10-6-9-14(16(12)15)13-7-4-3-5-8-13/h3-11H,1-2H3. The van der Waals surface area contributed by atoms with Gasteiger partial charge in [-0.05, 0) is 29.7 Å². The number of benzene rings is 2. The van der Waals surface area contributed by atoms with Crippen LogP contribution >= 0.6 is 0 Å². The van der Waals surface area contributed by atoms with Crippen molar-refractivity contribution in [1.29, 1.82) is 0 Å². The number of nitrogens with zero attached hydrogens (tertiary/aromatic N) is 1. The average molecular weight is 221 g/mol. The molecule has 0 saturated heterocycles. The van der Waals surface area contributed by atoms with E-state index in [4.69, 9.17) is 0 Å². The molecule has 1 aromatic heterocycles. The van der Waals surface area contributed by atoms with Gasteiger partial charge < -0.3 is 4.57 Å². The third kappa shape index (κ3) is 1.55. The van der Waals surface area contributed by atoms with Gasteiger partial charge in [-0.3, -0.25) is 0 Å². The summed E-state index contributed by atoms with van der Waals surface area (Å²) in [6.07, 6.45) is 2.19. The molecule has 17 heavy (non-hydrogen) atoms. The van der Waals surface area contributed by atoms with Crippen LogP contribution < -0.4 is 0 Å². The maximum absolute atomic E-state index is 2.20. The Morgan fingerprint density at radius 3 is 2.41 bits per heavy atom. The monoisotopic (exact) mass is 221 g/mol. The van der Waals surface area contributed by atoms with Crippen LogP contribution in [0.1, 0.15) is 5.56 Å². The summed E-state index contributed by atoms with van der Waals surface area (Å²) in [6.45, 7) is 2.18. The fourth-order valence-corrected chi connectivity index (χ4v) is 2.53. The van der Waals surface area contributed by atoms with Crippen molar-refractivity contribution in [3.8, 4) is 11.1 Å². The van der Waals surface area contributed by atoms with E-state index in [0.717, 1.165) is 0 Å². The van der Waals surface area contributed by atoms with Crippen LogP contribution in [0.2, 0.25) is 0 Å². The van der Waals surface area contributed by atoms with Gasteiger partial charge in [0.05, 0.1) is 0 Å². The van der Waals surface area contributed by atoms with Gasteiger partial charge in [0.25, 0.3) is 0 Å². The van der Waals surface area contributed by atoms with Crippen LogP contribution in [0.4, 0.5) is 0 Å². The first kappa shape index (κ1) is 10.2. The zero-order chi connectivity index (χ0) is 11.8. The molecule has 1 heteroatoms. The van der Waals surface area contributed by atoms with Crippen LogP contribution in [0.25, 0.3) is 22.0 Å². The molecule has 1 heterocycles. The lowest BCUT2D eigenvalue weighted by atomic mass is 10.00. The molecule has 0 radical (unpaired) electrons. The van der Waals surface area contributed by atoms with Crippen molar-refractivity contribution in [1.82, 2.24) is 4.57 Å². The summed E-state index contributed by atoms with van der Waals surface area (Å²) in [4.78, 5) is 0. The minimum absolute atomic E-state index is 1.28. The summed E-state index contributed by atoms with van der Waals surface area (Å²) < 4.78 is 2.19. The molecule has 0 fully saturated rings. The third-order valence-corrected chi connectivity index (χ3v) is 3.29. The van der Waals surface area contributed by atoms with Gasteiger partial charge in [-0.1, -0.05) is 42.5 Å². The Bertz CT molecular complexity index is 663. The number of hydrogen-bond acceptors (Lipinski definition) is 0. The van der Waals surface area contributed by atoms with E-state index in [9.17, 15) is 0 Å². The van der Waals surface area contributed by atoms with Gasteiger partial charge >= 0.3 is 0 Å². The highest BCUT2D eigenvalue weighted by Gasteiger charge is 2.08. The van der Waals surface area contributed by atoms with Crippen LogP contribution in [-0.4, -0.2) is 4.57 Å². The first-order chi connectivity index (χ1) is 8.27. The highest BCUT2D eigenvalue weighted by atomic mass is 14.9. The molecule has 3 rings (SSSR count). The van der Waals surface area contributed by atoms with Crippen molar-refractivity contribution < 1.29 is 0 Å². The molecular weight excluding hydrogens is 206 g/mol. The van der Waals surface area contributed by atoms with Crippen molar-refractivity contribution in [3.63, 3.8) is 0 Å². The van der Waals surface area contributed by atoms with Gasteiger partial charge in [0.15, 0.2) is 0 Å². The first-order valence-corrected chi connectivity index (χ1v) is 5.87. The summed E-state index contributed by atoms with van der Waals surface area (Å²) in [6, 6.07) is 17.1. The normalized spacial score (nSPS) is 10.9. The molecule has 0 atom stereocenters. The smallest absolute Gasteiger partial charge is 0.0486 e. The zero-order valence-electron chi connectivity index (χ0n) is 10.1. The Kier molecular flexibility index (Phi) is 2.25. The molecule has 3 aromatic rings. The van der Waals surface area contributed by atoms with E-state index < -0.39 is 0 Å². The van der Waals surface area contributed by atoms with Crippen LogP contribution in [0.5, 0.6) is 0 Å². The quantitative estimate of drug-likeness (QED) is 0.581. The molecule has 0 spiro atoms. The molecule has 0 aliphatic carbocycles. The Morgan fingerprint density at radius 2 is 1.65 bits per heavy atom. The van der Waals surface area contributed by atoms with Crippen LogP contribution in [0.3, 0.4) is 0 Å². The van der Waals surface area contributed by atoms with Crippen LogP contribution in [0.15, 0.2) is 54.7 Å². The second-order valence-corrected chi connectivity index (χ2v) is 4.49. The van der Waals surface area contributed by atoms with Crippen molar-refractivity contribution in [2.45, 2.75) is 6.92 Å². The number of aromatic nitrogens is 1. The van der Waals surface area contributed by atoms with Crippen LogP contribution in [0, 0.1) is 6.92 Å². The zero-order valence-corrected chi connectivity index (χ0v) is 10.1. The molecule has 2 aromatic carbocycles. The molecule has 84 valence electrons. The lowest BCUT2D eigenvalue weighted by Gasteiger charge is -2.05. The second-order valence-electron chi connectivity index (χ2n) is 4.49. The van der Waals surface area contributed by atoms with E-state index in [0.29, 0.717) is 0 Å². The summed E-state index contributed by atoms with van der Waals surface area (Å²) in [7, 11) is 2.10. The fourth-order valence-electron chi connectivity index (χ4n) is 2.53. The molecule has 0 aliphatic heterocycles. The van der Waals surface area contributed by atoms with Gasteiger partial charge in [-0.2, -0.15) is 0 Å². The number of aryl methyl sites for hydroxylation is 2. The first-order valence-electron chi connectivity index (χ1n) is 5.87. The van der Waals surface area contributed by atoms with Gasteiger partial charge in [-0.25, -0.2) is 0 Å². The van der Waals surface area contributed by atoms with Crippen molar-refractivity contribution >= 4 is 10.9 Å². The molecule has 0 unspecified atom stereocenters. The second kappa shape index (κ2) is 3.77. The van der Waals surface area contributed by atoms with Gasteiger partial charge in [0, 0.05) is 24.1 Å². The van der Waals surface area contributed by atoms with E-state index >= 15 is 0 Å². The topological polar surface area (TPSA) is 4.93 Å². The maximum Gasteiger partial charge on any atom is 0.0486 e. The van der Waals surface area contributed by atoms with Crippen molar-refractivity contribution in [2.75, 3.05) is 0 Å². The average Bonchev–Trinajstić information content (AvgIpc) is 2.66. The summed E-state index contributed by atoms with van der Waals surface area (Å²) in [5.41, 5.74) is 5.24. The molecule has 0 saturated carbocycles. The van der Waals surface area contributed by atoms with Crippen molar-refractivity contribution in [3.05, 3.63) is 60.3 Å². The minimum atomic E-state index is 1.28. The molecule has 0 aliphatic rings. The number of rotatable bonds is 1. The molecule has 0 N–H and O–H groups in total. The van der Waals surface area contributed by atoms with Gasteiger partial charge in [-0.15, -0.1) is 0 Å². The van der Waals surface area contributed by atoms with Crippen molar-refractivity contribution in [2.24, 2.45) is 7.05 Å². The fraction of sp³-hybridized carbons (Fsp3) is 0.125. The molecular formula is C16H15N. The number of hydrogen-bond donors (Lipinski definition) is 0. The third-order valence-electron chi connectivity index (χ3n) is 3.29. The largest absolute Gasteiger partial charge is 0.350 e. The highest BCUT2D eigenvalue weighted by molar-refractivity contribution is 5.97. The van der Waals surface area contributed by atoms with Gasteiger partial charge in [0.2, 0.25) is 0 Å². The molecule has 1 nitrogen and oxygen atoms in total. The SMILES string of the molecule is Cc1cn(C)c2cccc(-c3ccccc3)c12. The Hall–Kier alpha value is -2.02.